The lowest BCUT2D eigenvalue weighted by Crippen LogP contribution is -2.43. The van der Waals surface area contributed by atoms with Gasteiger partial charge in [0.1, 0.15) is 0 Å². The molecule has 1 aliphatic heterocycles. The monoisotopic (exact) mass is 215 g/mol. The van der Waals surface area contributed by atoms with E-state index in [9.17, 15) is 5.11 Å². The lowest BCUT2D eigenvalue weighted by atomic mass is 10.0. The normalized spacial score (nSPS) is 34.9. The largest absolute Gasteiger partial charge is 0.396 e. The third kappa shape index (κ3) is 2.65. The number of aliphatic hydroxyl groups excluding tert-OH is 1. The Labute approximate surface area is 90.8 Å². The van der Waals surface area contributed by atoms with Crippen LogP contribution in [0.1, 0.15) is 32.1 Å². The minimum absolute atomic E-state index is 0.374. The molecule has 2 unspecified atom stereocenters. The fourth-order valence-electron chi connectivity index (χ4n) is 2.64. The standard InChI is InChI=1S/C11H21NOS/c13-8-9-2-1-3-11(9)12-10-4-6-14-7-5-10/h9-13H,1-8H2. The molecule has 2 nitrogen and oxygen atoms in total. The molecular weight excluding hydrogens is 194 g/mol. The van der Waals surface area contributed by atoms with Crippen molar-refractivity contribution in [3.63, 3.8) is 0 Å². The molecule has 82 valence electrons. The van der Waals surface area contributed by atoms with Crippen molar-refractivity contribution in [1.29, 1.82) is 0 Å². The van der Waals surface area contributed by atoms with Gasteiger partial charge < -0.3 is 10.4 Å². The number of nitrogens with one attached hydrogen (secondary N) is 1. The van der Waals surface area contributed by atoms with Crippen LogP contribution < -0.4 is 5.32 Å². The molecule has 2 aliphatic rings. The molecule has 0 bridgehead atoms. The third-order valence-corrected chi connectivity index (χ3v) is 4.61. The lowest BCUT2D eigenvalue weighted by molar-refractivity contribution is 0.198. The summed E-state index contributed by atoms with van der Waals surface area (Å²) < 4.78 is 0. The first-order valence-corrected chi connectivity index (χ1v) is 7.00. The first-order valence-electron chi connectivity index (χ1n) is 5.85. The number of hydrogen-bond acceptors (Lipinski definition) is 3. The number of thioether (sulfide) groups is 1. The van der Waals surface area contributed by atoms with Crippen LogP contribution in [0, 0.1) is 5.92 Å². The van der Waals surface area contributed by atoms with E-state index in [0.717, 1.165) is 6.04 Å². The smallest absolute Gasteiger partial charge is 0.0474 e. The van der Waals surface area contributed by atoms with Crippen molar-refractivity contribution in [2.24, 2.45) is 5.92 Å². The molecule has 0 aromatic heterocycles. The van der Waals surface area contributed by atoms with Gasteiger partial charge in [0.2, 0.25) is 0 Å². The first kappa shape index (κ1) is 10.8. The Morgan fingerprint density at radius 2 is 1.93 bits per heavy atom. The summed E-state index contributed by atoms with van der Waals surface area (Å²) in [6.07, 6.45) is 6.42. The molecule has 1 heterocycles. The Morgan fingerprint density at radius 3 is 2.64 bits per heavy atom. The molecule has 3 heteroatoms. The highest BCUT2D eigenvalue weighted by molar-refractivity contribution is 7.99. The van der Waals surface area contributed by atoms with Crippen LogP contribution in [0.4, 0.5) is 0 Å². The van der Waals surface area contributed by atoms with Crippen LogP contribution in [0.2, 0.25) is 0 Å². The molecule has 1 saturated heterocycles. The van der Waals surface area contributed by atoms with Crippen molar-refractivity contribution in [3.05, 3.63) is 0 Å². The molecule has 2 N–H and O–H groups in total. The molecule has 2 fully saturated rings. The first-order chi connectivity index (χ1) is 6.90. The highest BCUT2D eigenvalue weighted by Crippen LogP contribution is 2.27. The molecule has 0 amide bonds. The highest BCUT2D eigenvalue weighted by Gasteiger charge is 2.28. The molecule has 0 spiro atoms. The Kier molecular flexibility index (Phi) is 4.14. The fraction of sp³-hybridized carbons (Fsp3) is 1.00. The van der Waals surface area contributed by atoms with Gasteiger partial charge in [0.05, 0.1) is 0 Å². The van der Waals surface area contributed by atoms with E-state index in [4.69, 9.17) is 0 Å². The minimum atomic E-state index is 0.374. The van der Waals surface area contributed by atoms with Gasteiger partial charge in [-0.15, -0.1) is 0 Å². The van der Waals surface area contributed by atoms with Crippen molar-refractivity contribution in [1.82, 2.24) is 5.32 Å². The second-order valence-electron chi connectivity index (χ2n) is 4.53. The van der Waals surface area contributed by atoms with Crippen LogP contribution in [-0.2, 0) is 0 Å². The summed E-state index contributed by atoms with van der Waals surface area (Å²) in [7, 11) is 0. The Balaban J connectivity index is 1.77. The van der Waals surface area contributed by atoms with Crippen LogP contribution in [0.15, 0.2) is 0 Å². The zero-order valence-electron chi connectivity index (χ0n) is 8.74. The van der Waals surface area contributed by atoms with Gasteiger partial charge in [0, 0.05) is 18.7 Å². The van der Waals surface area contributed by atoms with Crippen LogP contribution in [0.3, 0.4) is 0 Å². The summed E-state index contributed by atoms with van der Waals surface area (Å²) >= 11 is 2.07. The van der Waals surface area contributed by atoms with E-state index in [0.29, 0.717) is 18.6 Å². The molecule has 2 rings (SSSR count). The molecule has 2 atom stereocenters. The summed E-state index contributed by atoms with van der Waals surface area (Å²) in [6.45, 7) is 0.374. The van der Waals surface area contributed by atoms with Gasteiger partial charge >= 0.3 is 0 Å². The van der Waals surface area contributed by atoms with E-state index in [-0.39, 0.29) is 0 Å². The van der Waals surface area contributed by atoms with Gasteiger partial charge in [-0.1, -0.05) is 6.42 Å². The van der Waals surface area contributed by atoms with E-state index in [1.807, 2.05) is 0 Å². The molecule has 0 aromatic carbocycles. The van der Waals surface area contributed by atoms with Gasteiger partial charge in [0.25, 0.3) is 0 Å². The Morgan fingerprint density at radius 1 is 1.14 bits per heavy atom. The Bertz CT molecular complexity index is 171. The van der Waals surface area contributed by atoms with Crippen LogP contribution in [-0.4, -0.2) is 35.3 Å². The average Bonchev–Trinajstić information content (AvgIpc) is 2.67. The summed E-state index contributed by atoms with van der Waals surface area (Å²) in [6, 6.07) is 1.33. The Hall–Kier alpha value is 0.270. The van der Waals surface area contributed by atoms with E-state index < -0.39 is 0 Å². The lowest BCUT2D eigenvalue weighted by Gasteiger charge is -2.28. The summed E-state index contributed by atoms with van der Waals surface area (Å²) in [5.41, 5.74) is 0. The van der Waals surface area contributed by atoms with E-state index in [1.165, 1.54) is 43.6 Å². The molecule has 14 heavy (non-hydrogen) atoms. The number of aliphatic hydroxyl groups is 1. The predicted octanol–water partition coefficient (Wildman–Crippen LogP) is 1.63. The topological polar surface area (TPSA) is 32.3 Å². The van der Waals surface area contributed by atoms with Crippen LogP contribution >= 0.6 is 11.8 Å². The molecule has 1 saturated carbocycles. The summed E-state index contributed by atoms with van der Waals surface area (Å²) in [4.78, 5) is 0. The van der Waals surface area contributed by atoms with E-state index in [1.54, 1.807) is 0 Å². The van der Waals surface area contributed by atoms with Crippen molar-refractivity contribution >= 4 is 11.8 Å². The SMILES string of the molecule is OCC1CCCC1NC1CCSCC1. The molecule has 0 radical (unpaired) electrons. The van der Waals surface area contributed by atoms with Crippen molar-refractivity contribution < 1.29 is 5.11 Å². The number of hydrogen-bond donors (Lipinski definition) is 2. The van der Waals surface area contributed by atoms with Crippen LogP contribution in [0.25, 0.3) is 0 Å². The molecular formula is C11H21NOS. The zero-order valence-corrected chi connectivity index (χ0v) is 9.56. The quantitative estimate of drug-likeness (QED) is 0.750. The molecule has 0 aromatic rings. The van der Waals surface area contributed by atoms with Gasteiger partial charge in [-0.2, -0.15) is 11.8 Å². The van der Waals surface area contributed by atoms with Gasteiger partial charge in [0.15, 0.2) is 0 Å². The maximum Gasteiger partial charge on any atom is 0.0474 e. The van der Waals surface area contributed by atoms with Crippen molar-refractivity contribution in [2.75, 3.05) is 18.1 Å². The van der Waals surface area contributed by atoms with Crippen molar-refractivity contribution in [3.8, 4) is 0 Å². The predicted molar refractivity (Wildman–Crippen MR) is 61.7 cm³/mol. The molecule has 1 aliphatic carbocycles. The van der Waals surface area contributed by atoms with Gasteiger partial charge in [-0.05, 0) is 43.1 Å². The van der Waals surface area contributed by atoms with E-state index >= 15 is 0 Å². The third-order valence-electron chi connectivity index (χ3n) is 3.56. The average molecular weight is 215 g/mol. The number of rotatable bonds is 3. The second-order valence-corrected chi connectivity index (χ2v) is 5.76. The van der Waals surface area contributed by atoms with E-state index in [2.05, 4.69) is 17.1 Å². The summed E-state index contributed by atoms with van der Waals surface area (Å²) in [5, 5.41) is 13.0. The van der Waals surface area contributed by atoms with Crippen molar-refractivity contribution in [2.45, 2.75) is 44.2 Å². The maximum absolute atomic E-state index is 9.22. The zero-order chi connectivity index (χ0) is 9.80. The minimum Gasteiger partial charge on any atom is -0.396 e. The van der Waals surface area contributed by atoms with Gasteiger partial charge in [-0.25, -0.2) is 0 Å². The summed E-state index contributed by atoms with van der Waals surface area (Å²) in [5.74, 6) is 3.16. The maximum atomic E-state index is 9.22. The van der Waals surface area contributed by atoms with Gasteiger partial charge in [-0.3, -0.25) is 0 Å². The van der Waals surface area contributed by atoms with Crippen LogP contribution in [0.5, 0.6) is 0 Å². The fourth-order valence-corrected chi connectivity index (χ4v) is 3.75. The second kappa shape index (κ2) is 5.38. The highest BCUT2D eigenvalue weighted by atomic mass is 32.2.